The molecule has 0 radical (unpaired) electrons. The van der Waals surface area contributed by atoms with Crippen LogP contribution in [0, 0.1) is 0 Å². The van der Waals surface area contributed by atoms with Crippen LogP contribution in [-0.4, -0.2) is 39.9 Å². The van der Waals surface area contributed by atoms with Crippen LogP contribution in [0.3, 0.4) is 0 Å². The highest BCUT2D eigenvalue weighted by molar-refractivity contribution is 5.94. The van der Waals surface area contributed by atoms with Crippen LogP contribution < -0.4 is 15.8 Å². The molecule has 0 fully saturated rings. The average Bonchev–Trinajstić information content (AvgIpc) is 2.41. The molecule has 0 aliphatic carbocycles. The number of nitrogens with one attached hydrogen (secondary N) is 1. The topological polar surface area (TPSA) is 82.8 Å². The van der Waals surface area contributed by atoms with E-state index in [1.807, 2.05) is 0 Å². The van der Waals surface area contributed by atoms with Crippen molar-refractivity contribution in [2.75, 3.05) is 45.1 Å². The molecule has 0 aliphatic rings. The van der Waals surface area contributed by atoms with E-state index in [1.165, 1.54) is 0 Å². The summed E-state index contributed by atoms with van der Waals surface area (Å²) in [5.74, 6) is 0.484. The van der Waals surface area contributed by atoms with Crippen LogP contribution in [-0.2, 0) is 14.3 Å². The maximum atomic E-state index is 11.7. The quantitative estimate of drug-likeness (QED) is 0.564. The van der Waals surface area contributed by atoms with Crippen molar-refractivity contribution in [3.05, 3.63) is 18.2 Å². The molecule has 0 spiro atoms. The first-order chi connectivity index (χ1) is 9.17. The van der Waals surface area contributed by atoms with Crippen molar-refractivity contribution in [3.63, 3.8) is 0 Å². The number of nitrogen functional groups attached to an aromatic ring is 1. The molecule has 1 amide bonds. The zero-order valence-electron chi connectivity index (χ0n) is 11.7. The second kappa shape index (κ2) is 10.3. The lowest BCUT2D eigenvalue weighted by Crippen LogP contribution is -2.16. The first-order valence-electron chi connectivity index (χ1n) is 5.97. The van der Waals surface area contributed by atoms with Crippen molar-refractivity contribution < 1.29 is 19.0 Å². The van der Waals surface area contributed by atoms with Crippen LogP contribution in [0.5, 0.6) is 5.75 Å². The Morgan fingerprint density at radius 1 is 1.25 bits per heavy atom. The first kappa shape index (κ1) is 18.5. The number of benzene rings is 1. The van der Waals surface area contributed by atoms with Gasteiger partial charge in [-0.05, 0) is 12.1 Å². The molecule has 7 heteroatoms. The van der Waals surface area contributed by atoms with E-state index in [1.54, 1.807) is 32.4 Å². The second-order valence-corrected chi connectivity index (χ2v) is 3.86. The summed E-state index contributed by atoms with van der Waals surface area (Å²) in [5, 5.41) is 2.72. The van der Waals surface area contributed by atoms with Crippen LogP contribution in [0.15, 0.2) is 18.2 Å². The minimum absolute atomic E-state index is 0. The molecular formula is C13H21ClN2O4. The van der Waals surface area contributed by atoms with Gasteiger partial charge < -0.3 is 25.3 Å². The van der Waals surface area contributed by atoms with Gasteiger partial charge in [-0.1, -0.05) is 0 Å². The fourth-order valence-corrected chi connectivity index (χ4v) is 1.39. The van der Waals surface area contributed by atoms with E-state index in [2.05, 4.69) is 5.32 Å². The summed E-state index contributed by atoms with van der Waals surface area (Å²) in [7, 11) is 3.16. The van der Waals surface area contributed by atoms with Gasteiger partial charge in [0.25, 0.3) is 0 Å². The largest absolute Gasteiger partial charge is 0.497 e. The Morgan fingerprint density at radius 3 is 2.65 bits per heavy atom. The molecule has 6 nitrogen and oxygen atoms in total. The summed E-state index contributed by atoms with van der Waals surface area (Å²) in [6.07, 6.45) is 0.264. The van der Waals surface area contributed by atoms with Crippen molar-refractivity contribution in [1.82, 2.24) is 0 Å². The monoisotopic (exact) mass is 304 g/mol. The summed E-state index contributed by atoms with van der Waals surface area (Å²) in [5.41, 5.74) is 6.81. The van der Waals surface area contributed by atoms with Gasteiger partial charge in [-0.25, -0.2) is 0 Å². The summed E-state index contributed by atoms with van der Waals surface area (Å²) in [4.78, 5) is 11.7. The highest BCUT2D eigenvalue weighted by atomic mass is 35.5. The van der Waals surface area contributed by atoms with Crippen LogP contribution in [0.4, 0.5) is 11.4 Å². The van der Waals surface area contributed by atoms with Gasteiger partial charge in [-0.3, -0.25) is 4.79 Å². The third-order valence-electron chi connectivity index (χ3n) is 2.44. The second-order valence-electron chi connectivity index (χ2n) is 3.86. The Labute approximate surface area is 125 Å². The van der Waals surface area contributed by atoms with Crippen LogP contribution >= 0.6 is 12.4 Å². The fourth-order valence-electron chi connectivity index (χ4n) is 1.39. The number of anilines is 2. The van der Waals surface area contributed by atoms with E-state index >= 15 is 0 Å². The molecule has 114 valence electrons. The lowest BCUT2D eigenvalue weighted by Gasteiger charge is -2.10. The molecule has 0 heterocycles. The van der Waals surface area contributed by atoms with E-state index < -0.39 is 0 Å². The summed E-state index contributed by atoms with van der Waals surface area (Å²) in [6, 6.07) is 5.10. The average molecular weight is 305 g/mol. The highest BCUT2D eigenvalue weighted by Crippen LogP contribution is 2.24. The molecule has 3 N–H and O–H groups in total. The third kappa shape index (κ3) is 6.60. The molecule has 0 saturated heterocycles. The highest BCUT2D eigenvalue weighted by Gasteiger charge is 2.06. The Morgan fingerprint density at radius 2 is 2.00 bits per heavy atom. The molecule has 0 unspecified atom stereocenters. The van der Waals surface area contributed by atoms with Crippen LogP contribution in [0.25, 0.3) is 0 Å². The predicted molar refractivity (Wildman–Crippen MR) is 80.6 cm³/mol. The number of halogens is 1. The van der Waals surface area contributed by atoms with Gasteiger partial charge in [0.05, 0.1) is 44.7 Å². The number of carbonyl (C=O) groups is 1. The lowest BCUT2D eigenvalue weighted by atomic mass is 10.2. The lowest BCUT2D eigenvalue weighted by molar-refractivity contribution is -0.117. The maximum Gasteiger partial charge on any atom is 0.226 e. The van der Waals surface area contributed by atoms with Crippen molar-refractivity contribution in [2.45, 2.75) is 6.42 Å². The molecule has 0 saturated carbocycles. The molecule has 0 atom stereocenters. The zero-order valence-corrected chi connectivity index (χ0v) is 12.5. The van der Waals surface area contributed by atoms with Gasteiger partial charge in [-0.15, -0.1) is 12.4 Å². The van der Waals surface area contributed by atoms with E-state index in [9.17, 15) is 4.79 Å². The Kier molecular flexibility index (Phi) is 9.53. The smallest absolute Gasteiger partial charge is 0.226 e. The molecule has 0 aromatic heterocycles. The number of ether oxygens (including phenoxy) is 3. The number of methoxy groups -OCH3 is 2. The number of hydrogen-bond donors (Lipinski definition) is 2. The van der Waals surface area contributed by atoms with E-state index in [0.717, 1.165) is 0 Å². The van der Waals surface area contributed by atoms with Gasteiger partial charge in [-0.2, -0.15) is 0 Å². The molecule has 0 bridgehead atoms. The van der Waals surface area contributed by atoms with E-state index in [-0.39, 0.29) is 24.7 Å². The minimum atomic E-state index is -0.155. The molecule has 1 aromatic carbocycles. The summed E-state index contributed by atoms with van der Waals surface area (Å²) in [6.45, 7) is 1.34. The Bertz CT molecular complexity index is 415. The van der Waals surface area contributed by atoms with Crippen molar-refractivity contribution in [3.8, 4) is 5.75 Å². The summed E-state index contributed by atoms with van der Waals surface area (Å²) < 4.78 is 15.1. The van der Waals surface area contributed by atoms with Gasteiger partial charge in [0.2, 0.25) is 5.91 Å². The minimum Gasteiger partial charge on any atom is -0.497 e. The van der Waals surface area contributed by atoms with Crippen molar-refractivity contribution >= 4 is 29.7 Å². The third-order valence-corrected chi connectivity index (χ3v) is 2.44. The van der Waals surface area contributed by atoms with Gasteiger partial charge in [0, 0.05) is 13.2 Å². The standard InChI is InChI=1S/C13H20N2O4.ClH/c1-17-7-8-19-6-5-13(16)15-12-9-10(18-2)3-4-11(12)14;/h3-4,9H,5-8,14H2,1-2H3,(H,15,16);1H. The van der Waals surface area contributed by atoms with Gasteiger partial charge >= 0.3 is 0 Å². The normalized spacial score (nSPS) is 9.70. The predicted octanol–water partition coefficient (Wildman–Crippen LogP) is 1.69. The molecule has 1 rings (SSSR count). The van der Waals surface area contributed by atoms with E-state index in [4.69, 9.17) is 19.9 Å². The fraction of sp³-hybridized carbons (Fsp3) is 0.462. The van der Waals surface area contributed by atoms with Crippen LogP contribution in [0.2, 0.25) is 0 Å². The maximum absolute atomic E-state index is 11.7. The van der Waals surface area contributed by atoms with Gasteiger partial charge in [0.1, 0.15) is 5.75 Å². The molecular weight excluding hydrogens is 284 g/mol. The Hall–Kier alpha value is -1.50. The SMILES string of the molecule is COCCOCCC(=O)Nc1cc(OC)ccc1N.Cl. The number of nitrogens with two attached hydrogens (primary N) is 1. The summed E-state index contributed by atoms with van der Waals surface area (Å²) >= 11 is 0. The number of carbonyl (C=O) groups excluding carboxylic acids is 1. The van der Waals surface area contributed by atoms with Crippen molar-refractivity contribution in [2.24, 2.45) is 0 Å². The molecule has 0 aliphatic heterocycles. The first-order valence-corrected chi connectivity index (χ1v) is 5.97. The number of rotatable bonds is 8. The van der Waals surface area contributed by atoms with Crippen molar-refractivity contribution in [1.29, 1.82) is 0 Å². The molecule has 1 aromatic rings. The van der Waals surface area contributed by atoms with Gasteiger partial charge in [0.15, 0.2) is 0 Å². The number of amides is 1. The number of hydrogen-bond acceptors (Lipinski definition) is 5. The molecule has 20 heavy (non-hydrogen) atoms. The van der Waals surface area contributed by atoms with Crippen LogP contribution in [0.1, 0.15) is 6.42 Å². The zero-order chi connectivity index (χ0) is 14.1. The Balaban J connectivity index is 0.00000361. The van der Waals surface area contributed by atoms with E-state index in [0.29, 0.717) is 36.9 Å².